The second-order valence-corrected chi connectivity index (χ2v) is 6.13. The molecule has 0 aliphatic rings. The van der Waals surface area contributed by atoms with Crippen molar-refractivity contribution in [2.75, 3.05) is 24.7 Å². The minimum atomic E-state index is 0.616. The van der Waals surface area contributed by atoms with Crippen molar-refractivity contribution >= 4 is 34.8 Å². The highest BCUT2D eigenvalue weighted by Gasteiger charge is 2.03. The molecule has 2 aromatic rings. The summed E-state index contributed by atoms with van der Waals surface area (Å²) in [6, 6.07) is 18.2. The largest absolute Gasteiger partial charge is 0.495 e. The lowest BCUT2D eigenvalue weighted by molar-refractivity contribution is 0.417. The maximum Gasteiger partial charge on any atom is 0.170 e. The van der Waals surface area contributed by atoms with Gasteiger partial charge in [0.15, 0.2) is 5.11 Å². The van der Waals surface area contributed by atoms with Crippen LogP contribution < -0.4 is 15.4 Å². The number of thiocarbonyl (C=S) groups is 1. The molecular weight excluding hydrogens is 312 g/mol. The highest BCUT2D eigenvalue weighted by Crippen LogP contribution is 2.22. The van der Waals surface area contributed by atoms with Gasteiger partial charge in [-0.1, -0.05) is 42.5 Å². The van der Waals surface area contributed by atoms with E-state index < -0.39 is 0 Å². The first kappa shape index (κ1) is 16.6. The molecule has 2 N–H and O–H groups in total. The van der Waals surface area contributed by atoms with Crippen LogP contribution in [0.1, 0.15) is 5.56 Å². The number of hydrogen-bond donors (Lipinski definition) is 2. The van der Waals surface area contributed by atoms with Crippen LogP contribution in [0, 0.1) is 0 Å². The maximum atomic E-state index is 5.30. The summed E-state index contributed by atoms with van der Waals surface area (Å²) in [5, 5.41) is 6.98. The van der Waals surface area contributed by atoms with Crippen LogP contribution in [0.2, 0.25) is 0 Å². The summed E-state index contributed by atoms with van der Waals surface area (Å²) in [5.74, 6) is 2.81. The third-order valence-corrected chi connectivity index (χ3v) is 4.28. The van der Waals surface area contributed by atoms with Gasteiger partial charge in [-0.15, -0.1) is 0 Å². The van der Waals surface area contributed by atoms with Gasteiger partial charge in [0.2, 0.25) is 0 Å². The minimum Gasteiger partial charge on any atom is -0.495 e. The van der Waals surface area contributed by atoms with Gasteiger partial charge in [-0.25, -0.2) is 0 Å². The molecular formula is C17H20N2OS2. The fourth-order valence-electron chi connectivity index (χ4n) is 1.92. The van der Waals surface area contributed by atoms with Gasteiger partial charge >= 0.3 is 0 Å². The molecule has 0 aromatic heterocycles. The molecule has 0 spiro atoms. The van der Waals surface area contributed by atoms with Crippen molar-refractivity contribution in [3.8, 4) is 5.75 Å². The third kappa shape index (κ3) is 5.58. The number of para-hydroxylation sites is 2. The van der Waals surface area contributed by atoms with Crippen molar-refractivity contribution in [3.63, 3.8) is 0 Å². The number of rotatable bonds is 7. The van der Waals surface area contributed by atoms with E-state index in [1.165, 1.54) is 5.56 Å². The summed E-state index contributed by atoms with van der Waals surface area (Å²) in [6.45, 7) is 0.832. The zero-order chi connectivity index (χ0) is 15.6. The van der Waals surface area contributed by atoms with E-state index in [0.717, 1.165) is 29.5 Å². The Kier molecular flexibility index (Phi) is 7.06. The van der Waals surface area contributed by atoms with Gasteiger partial charge in [-0.05, 0) is 29.9 Å². The van der Waals surface area contributed by atoms with Crippen molar-refractivity contribution in [2.45, 2.75) is 5.75 Å². The molecule has 2 rings (SSSR count). The number of methoxy groups -OCH3 is 1. The topological polar surface area (TPSA) is 33.3 Å². The summed E-state index contributed by atoms with van der Waals surface area (Å²) in [7, 11) is 1.65. The van der Waals surface area contributed by atoms with Gasteiger partial charge in [-0.2, -0.15) is 11.8 Å². The Bertz CT molecular complexity index is 590. The van der Waals surface area contributed by atoms with Gasteiger partial charge in [0, 0.05) is 18.1 Å². The minimum absolute atomic E-state index is 0.616. The van der Waals surface area contributed by atoms with Gasteiger partial charge in [0.05, 0.1) is 12.8 Å². The van der Waals surface area contributed by atoms with E-state index in [2.05, 4.69) is 34.9 Å². The molecule has 3 nitrogen and oxygen atoms in total. The molecule has 0 amide bonds. The zero-order valence-electron chi connectivity index (χ0n) is 12.5. The van der Waals surface area contributed by atoms with Crippen molar-refractivity contribution in [1.82, 2.24) is 5.32 Å². The first-order chi connectivity index (χ1) is 10.8. The molecule has 22 heavy (non-hydrogen) atoms. The van der Waals surface area contributed by atoms with Crippen molar-refractivity contribution < 1.29 is 4.74 Å². The number of thioether (sulfide) groups is 1. The van der Waals surface area contributed by atoms with E-state index in [0.29, 0.717) is 5.11 Å². The molecule has 0 aliphatic heterocycles. The third-order valence-electron chi connectivity index (χ3n) is 3.00. The number of anilines is 1. The summed E-state index contributed by atoms with van der Waals surface area (Å²) in [5.41, 5.74) is 2.22. The lowest BCUT2D eigenvalue weighted by Crippen LogP contribution is -2.30. The van der Waals surface area contributed by atoms with E-state index >= 15 is 0 Å². The molecule has 2 aromatic carbocycles. The van der Waals surface area contributed by atoms with Gasteiger partial charge in [0.1, 0.15) is 5.75 Å². The van der Waals surface area contributed by atoms with Gasteiger partial charge < -0.3 is 15.4 Å². The predicted octanol–water partition coefficient (Wildman–Crippen LogP) is 3.92. The summed E-state index contributed by atoms with van der Waals surface area (Å²) in [6.07, 6.45) is 0. The van der Waals surface area contributed by atoms with E-state index in [9.17, 15) is 0 Å². The Morgan fingerprint density at radius 2 is 1.82 bits per heavy atom. The van der Waals surface area contributed by atoms with E-state index in [1.807, 2.05) is 42.1 Å². The molecule has 0 fully saturated rings. The normalized spacial score (nSPS) is 10.0. The van der Waals surface area contributed by atoms with Gasteiger partial charge in [0.25, 0.3) is 0 Å². The fourth-order valence-corrected chi connectivity index (χ4v) is 2.95. The Balaban J connectivity index is 1.65. The molecule has 0 atom stereocenters. The first-order valence-corrected chi connectivity index (χ1v) is 8.65. The second-order valence-electron chi connectivity index (χ2n) is 4.62. The summed E-state index contributed by atoms with van der Waals surface area (Å²) >= 11 is 7.19. The number of ether oxygens (including phenoxy) is 1. The van der Waals surface area contributed by atoms with Crippen LogP contribution in [0.5, 0.6) is 5.75 Å². The molecule has 0 saturated heterocycles. The average molecular weight is 332 g/mol. The predicted molar refractivity (Wildman–Crippen MR) is 99.8 cm³/mol. The van der Waals surface area contributed by atoms with Crippen LogP contribution in [-0.2, 0) is 5.75 Å². The lowest BCUT2D eigenvalue weighted by atomic mass is 10.2. The molecule has 0 heterocycles. The molecule has 0 aliphatic carbocycles. The fraction of sp³-hybridized carbons (Fsp3) is 0.235. The van der Waals surface area contributed by atoms with Crippen molar-refractivity contribution in [2.24, 2.45) is 0 Å². The van der Waals surface area contributed by atoms with Crippen LogP contribution in [0.15, 0.2) is 54.6 Å². The second kappa shape index (κ2) is 9.33. The van der Waals surface area contributed by atoms with Crippen LogP contribution in [0.3, 0.4) is 0 Å². The molecule has 0 bridgehead atoms. The monoisotopic (exact) mass is 332 g/mol. The van der Waals surface area contributed by atoms with Crippen LogP contribution in [0.25, 0.3) is 0 Å². The van der Waals surface area contributed by atoms with Gasteiger partial charge in [-0.3, -0.25) is 0 Å². The zero-order valence-corrected chi connectivity index (χ0v) is 14.2. The molecule has 5 heteroatoms. The Hall–Kier alpha value is -1.72. The Labute approximate surface area is 141 Å². The first-order valence-electron chi connectivity index (χ1n) is 7.09. The van der Waals surface area contributed by atoms with Crippen LogP contribution in [0.4, 0.5) is 5.69 Å². The maximum absolute atomic E-state index is 5.30. The van der Waals surface area contributed by atoms with Crippen molar-refractivity contribution in [1.29, 1.82) is 0 Å². The SMILES string of the molecule is COc1ccccc1NC(=S)NCCSCc1ccccc1. The average Bonchev–Trinajstić information content (AvgIpc) is 2.56. The molecule has 0 saturated carbocycles. The number of nitrogens with one attached hydrogen (secondary N) is 2. The van der Waals surface area contributed by atoms with Crippen LogP contribution in [-0.4, -0.2) is 24.5 Å². The lowest BCUT2D eigenvalue weighted by Gasteiger charge is -2.13. The smallest absolute Gasteiger partial charge is 0.170 e. The Morgan fingerprint density at radius 3 is 2.59 bits per heavy atom. The van der Waals surface area contributed by atoms with Crippen LogP contribution >= 0.6 is 24.0 Å². The van der Waals surface area contributed by atoms with E-state index in [-0.39, 0.29) is 0 Å². The van der Waals surface area contributed by atoms with Crippen molar-refractivity contribution in [3.05, 3.63) is 60.2 Å². The standard InChI is InChI=1S/C17H20N2OS2/c1-20-16-10-6-5-9-15(16)19-17(21)18-11-12-22-13-14-7-3-2-4-8-14/h2-10H,11-13H2,1H3,(H2,18,19,21). The number of benzene rings is 2. The quantitative estimate of drug-likeness (QED) is 0.593. The van der Waals surface area contributed by atoms with E-state index in [4.69, 9.17) is 17.0 Å². The highest BCUT2D eigenvalue weighted by molar-refractivity contribution is 7.98. The van der Waals surface area contributed by atoms with E-state index in [1.54, 1.807) is 7.11 Å². The molecule has 0 radical (unpaired) electrons. The number of hydrogen-bond acceptors (Lipinski definition) is 3. The molecule has 0 unspecified atom stereocenters. The summed E-state index contributed by atoms with van der Waals surface area (Å²) < 4.78 is 5.28. The Morgan fingerprint density at radius 1 is 1.09 bits per heavy atom. The highest BCUT2D eigenvalue weighted by atomic mass is 32.2. The molecule has 116 valence electrons. The summed E-state index contributed by atoms with van der Waals surface area (Å²) in [4.78, 5) is 0.